The van der Waals surface area contributed by atoms with E-state index in [2.05, 4.69) is 30.3 Å². The third kappa shape index (κ3) is 11.6. The second kappa shape index (κ2) is 21.5. The molecule has 26 heteroatoms. The van der Waals surface area contributed by atoms with Gasteiger partial charge in [-0.15, -0.1) is 0 Å². The fourth-order valence-corrected chi connectivity index (χ4v) is 11.1. The quantitative estimate of drug-likeness (QED) is 0.0633. The van der Waals surface area contributed by atoms with Crippen LogP contribution in [0.4, 0.5) is 21.0 Å². The Bertz CT molecular complexity index is 3610. The number of carbonyl (C=O) groups excluding carboxylic acids is 2. The first-order valence-electron chi connectivity index (χ1n) is 24.3. The molecule has 22 nitrogen and oxygen atoms in total. The van der Waals surface area contributed by atoms with Crippen molar-refractivity contribution in [2.75, 3.05) is 17.2 Å². The minimum Gasteiger partial charge on any atom is -0.424 e. The van der Waals surface area contributed by atoms with E-state index in [1.165, 1.54) is 56.6 Å². The molecule has 75 heavy (non-hydrogen) atoms. The van der Waals surface area contributed by atoms with Crippen molar-refractivity contribution < 1.29 is 41.6 Å². The predicted octanol–water partition coefficient (Wildman–Crippen LogP) is 4.95. The number of benzene rings is 2. The fraction of sp³-hybridized carbons (Fsp3) is 0.306. The van der Waals surface area contributed by atoms with E-state index in [9.17, 15) is 41.9 Å². The highest BCUT2D eigenvalue weighted by molar-refractivity contribution is 7.91. The summed E-state index contributed by atoms with van der Waals surface area (Å²) in [4.78, 5) is 53.8. The van der Waals surface area contributed by atoms with Crippen LogP contribution >= 0.6 is 0 Å². The standard InChI is InChI=1S/C49H55B2N11O11S2/c1-30(2)61-23-17-42(55-61)74(52,69)57-48(65)53-46-38-8-5-7-32(38)9-12-40(46)35-11-14-44(63)60(28-35)36-15-20-51(72-29-36)73-37-25-33-10-13-39(34-16-22-59(45(64)26-34)21-6-19-50(67)68)47(41(33)27-37)54-49(66)58-75(70,71)43-18-24-62(56-43)31(3)4/h6,9-20,22-24,26,28,30-31,36-37,67-68H,5,7-8,21,25,27,29H2,1-4H3,(H2,54,58,66)(H3,52,53,57,65,69)/b19-6+. The first kappa shape index (κ1) is 52.5. The number of hydrogen-bond donors (Lipinski definition) is 7. The molecule has 7 N–H and O–H groups in total. The maximum Gasteiger partial charge on any atom is 0.486 e. The molecule has 2 aromatic carbocycles. The van der Waals surface area contributed by atoms with Gasteiger partial charge in [0.25, 0.3) is 21.1 Å². The van der Waals surface area contributed by atoms with E-state index in [1.54, 1.807) is 41.2 Å². The fourth-order valence-electron chi connectivity index (χ4n) is 9.35. The summed E-state index contributed by atoms with van der Waals surface area (Å²) in [7, 11) is -10.7. The van der Waals surface area contributed by atoms with E-state index in [0.29, 0.717) is 46.3 Å². The molecule has 6 aromatic rings. The first-order valence-corrected chi connectivity index (χ1v) is 27.3. The highest BCUT2D eigenvalue weighted by Gasteiger charge is 2.34. The van der Waals surface area contributed by atoms with E-state index < -0.39 is 63.9 Å². The normalized spacial score (nSPS) is 17.0. The molecule has 0 radical (unpaired) electrons. The number of sulfonamides is 1. The van der Waals surface area contributed by atoms with Crippen LogP contribution in [0.2, 0.25) is 0 Å². The number of allylic oxidation sites excluding steroid dienone is 1. The summed E-state index contributed by atoms with van der Waals surface area (Å²) in [5.41, 5.74) is 5.50. The van der Waals surface area contributed by atoms with Crippen molar-refractivity contribution in [2.45, 2.75) is 101 Å². The number of nitrogens with zero attached hydrogens (tertiary/aromatic N) is 6. The second-order valence-electron chi connectivity index (χ2n) is 19.0. The zero-order chi connectivity index (χ0) is 53.3. The summed E-state index contributed by atoms with van der Waals surface area (Å²) in [5.74, 6) is 2.83. The van der Waals surface area contributed by atoms with Gasteiger partial charge in [-0.1, -0.05) is 48.4 Å². The molecular weight excluding hydrogens is 1000 g/mol. The number of carbonyl (C=O) groups is 2. The van der Waals surface area contributed by atoms with Crippen molar-refractivity contribution >= 4 is 57.6 Å². The van der Waals surface area contributed by atoms with Gasteiger partial charge in [0.2, 0.25) is 0 Å². The Morgan fingerprint density at radius 3 is 2.16 bits per heavy atom. The van der Waals surface area contributed by atoms with E-state index in [1.807, 2.05) is 52.0 Å². The van der Waals surface area contributed by atoms with Gasteiger partial charge in [0.1, 0.15) is 0 Å². The van der Waals surface area contributed by atoms with Crippen LogP contribution in [-0.4, -0.2) is 90.4 Å². The third-order valence-electron chi connectivity index (χ3n) is 13.1. The van der Waals surface area contributed by atoms with Gasteiger partial charge in [-0.25, -0.2) is 28.0 Å². The van der Waals surface area contributed by atoms with Crippen LogP contribution in [0.15, 0.2) is 129 Å². The number of nitrogens with one attached hydrogen (secondary N) is 5. The van der Waals surface area contributed by atoms with E-state index in [-0.39, 0.29) is 53.0 Å². The van der Waals surface area contributed by atoms with E-state index in [0.717, 1.165) is 35.5 Å². The van der Waals surface area contributed by atoms with Crippen molar-refractivity contribution in [1.29, 1.82) is 4.78 Å². The summed E-state index contributed by atoms with van der Waals surface area (Å²) < 4.78 is 71.4. The van der Waals surface area contributed by atoms with E-state index in [4.69, 9.17) is 14.1 Å². The lowest BCUT2D eigenvalue weighted by atomic mass is 9.85. The zero-order valence-corrected chi connectivity index (χ0v) is 43.0. The zero-order valence-electron chi connectivity index (χ0n) is 41.4. The highest BCUT2D eigenvalue weighted by atomic mass is 32.2. The minimum absolute atomic E-state index is 0.0377. The molecule has 3 aliphatic rings. The summed E-state index contributed by atoms with van der Waals surface area (Å²) in [5, 5.41) is 31.9. The van der Waals surface area contributed by atoms with Gasteiger partial charge in [0.15, 0.2) is 20.0 Å². The Kier molecular flexibility index (Phi) is 15.0. The van der Waals surface area contributed by atoms with Crippen LogP contribution in [0.5, 0.6) is 0 Å². The number of aromatic nitrogens is 6. The number of hydrogen-bond acceptors (Lipinski definition) is 14. The molecule has 5 heterocycles. The molecule has 9 rings (SSSR count). The van der Waals surface area contributed by atoms with Crippen molar-refractivity contribution in [3.05, 3.63) is 153 Å². The monoisotopic (exact) mass is 1060 g/mol. The molecule has 390 valence electrons. The van der Waals surface area contributed by atoms with Gasteiger partial charge in [-0.3, -0.25) is 19.0 Å². The third-order valence-corrected chi connectivity index (χ3v) is 15.6. The Morgan fingerprint density at radius 2 is 1.49 bits per heavy atom. The Hall–Kier alpha value is -7.35. The molecule has 1 aliphatic heterocycles. The van der Waals surface area contributed by atoms with Crippen LogP contribution in [0.25, 0.3) is 22.3 Å². The Morgan fingerprint density at radius 1 is 0.827 bits per heavy atom. The molecule has 0 saturated carbocycles. The number of rotatable bonds is 16. The summed E-state index contributed by atoms with van der Waals surface area (Å²) in [6.45, 7) is 7.55. The largest absolute Gasteiger partial charge is 0.486 e. The van der Waals surface area contributed by atoms with Gasteiger partial charge in [-0.2, -0.15) is 18.6 Å². The molecule has 0 bridgehead atoms. The highest BCUT2D eigenvalue weighted by Crippen LogP contribution is 2.40. The van der Waals surface area contributed by atoms with Crippen molar-refractivity contribution in [1.82, 2.24) is 38.1 Å². The minimum atomic E-state index is -4.40. The molecule has 4 aromatic heterocycles. The molecule has 3 unspecified atom stereocenters. The van der Waals surface area contributed by atoms with Crippen LogP contribution in [0.1, 0.15) is 74.5 Å². The summed E-state index contributed by atoms with van der Waals surface area (Å²) in [6.07, 6.45) is 12.1. The molecule has 0 saturated heterocycles. The van der Waals surface area contributed by atoms with Gasteiger partial charge < -0.3 is 39.1 Å². The van der Waals surface area contributed by atoms with Crippen molar-refractivity contribution in [3.63, 3.8) is 0 Å². The van der Waals surface area contributed by atoms with Gasteiger partial charge in [0.05, 0.1) is 30.1 Å². The maximum absolute atomic E-state index is 13.6. The van der Waals surface area contributed by atoms with Gasteiger partial charge in [0, 0.05) is 72.2 Å². The van der Waals surface area contributed by atoms with Crippen molar-refractivity contribution in [3.8, 4) is 22.3 Å². The number of pyridine rings is 2. The lowest BCUT2D eigenvalue weighted by Gasteiger charge is -2.25. The Labute approximate surface area is 432 Å². The molecule has 2 aliphatic carbocycles. The number of amides is 4. The Balaban J connectivity index is 0.923. The summed E-state index contributed by atoms with van der Waals surface area (Å²) >= 11 is 0. The SMILES string of the molecule is CC(C)n1ccc(S(=N)(=O)NC(=O)Nc2c(-c3ccc(=O)n(C4C=CB(OC5Cc6ccc(-c7ccn(C/C=C/B(O)O)c(=O)c7)c(NC(=O)NS(=O)(=O)c7ccn(C(C)C)n7)c6C5)OC4)c3)ccc3c2CCC3)n1. The van der Waals surface area contributed by atoms with Crippen LogP contribution in [0.3, 0.4) is 0 Å². The number of anilines is 2. The lowest BCUT2D eigenvalue weighted by molar-refractivity contribution is 0.136. The van der Waals surface area contributed by atoms with Gasteiger partial charge in [-0.05, 0) is 112 Å². The summed E-state index contributed by atoms with van der Waals surface area (Å²) in [6, 6.07) is 13.7. The number of aryl methyl sites for hydroxylation is 1. The number of urea groups is 2. The first-order chi connectivity index (χ1) is 35.7. The van der Waals surface area contributed by atoms with E-state index >= 15 is 0 Å². The molecule has 0 spiro atoms. The lowest BCUT2D eigenvalue weighted by Crippen LogP contribution is -2.36. The average Bonchev–Trinajstić information content (AvgIpc) is 4.20. The number of fused-ring (bicyclic) bond motifs is 2. The maximum atomic E-state index is 13.6. The molecule has 4 amide bonds. The van der Waals surface area contributed by atoms with Gasteiger partial charge >= 0.3 is 26.3 Å². The smallest absolute Gasteiger partial charge is 0.424 e. The second-order valence-corrected chi connectivity index (χ2v) is 22.3. The van der Waals surface area contributed by atoms with Crippen molar-refractivity contribution in [2.24, 2.45) is 0 Å². The predicted molar refractivity (Wildman–Crippen MR) is 282 cm³/mol. The molecule has 3 atom stereocenters. The molecule has 0 fully saturated rings. The van der Waals surface area contributed by atoms with Crippen LogP contribution in [-0.2, 0) is 61.5 Å². The van der Waals surface area contributed by atoms with Crippen LogP contribution < -0.4 is 31.2 Å². The average molecular weight is 1060 g/mol. The molecular formula is C49H55B2N11O11S2. The topological polar surface area (TPSA) is 296 Å². The van der Waals surface area contributed by atoms with Crippen LogP contribution in [0, 0.1) is 4.78 Å².